The second kappa shape index (κ2) is 16.7. The lowest BCUT2D eigenvalue weighted by Gasteiger charge is -2.25. The van der Waals surface area contributed by atoms with Gasteiger partial charge in [0.25, 0.3) is 10.0 Å². The molecule has 58 heavy (non-hydrogen) atoms. The molecule has 0 aliphatic rings. The van der Waals surface area contributed by atoms with Gasteiger partial charge in [-0.15, -0.1) is 0 Å². The van der Waals surface area contributed by atoms with E-state index < -0.39 is 60.8 Å². The molecule has 0 aliphatic heterocycles. The Morgan fingerprint density at radius 3 is 1.81 bits per heavy atom. The van der Waals surface area contributed by atoms with Crippen molar-refractivity contribution >= 4 is 77.7 Å². The van der Waals surface area contributed by atoms with E-state index in [0.717, 1.165) is 24.7 Å². The number of hydrogen-bond acceptors (Lipinski definition) is 14. The zero-order chi connectivity index (χ0) is 41.6. The van der Waals surface area contributed by atoms with E-state index >= 15 is 4.39 Å². The van der Waals surface area contributed by atoms with Crippen LogP contribution in [0.3, 0.4) is 0 Å². The first-order valence-electron chi connectivity index (χ1n) is 16.3. The van der Waals surface area contributed by atoms with Crippen LogP contribution in [0, 0.1) is 45.9 Å². The van der Waals surface area contributed by atoms with Gasteiger partial charge in [0.1, 0.15) is 11.9 Å². The predicted octanol–water partition coefficient (Wildman–Crippen LogP) is 6.71. The van der Waals surface area contributed by atoms with Gasteiger partial charge in [0, 0.05) is 0 Å². The zero-order valence-electron chi connectivity index (χ0n) is 29.5. The molecule has 0 fully saturated rings. The van der Waals surface area contributed by atoms with Gasteiger partial charge in [-0.05, 0) is 54.6 Å². The summed E-state index contributed by atoms with van der Waals surface area (Å²) in [7, 11) is -9.04. The highest BCUT2D eigenvalue weighted by atomic mass is 32.2. The minimum absolute atomic E-state index is 0.0324. The minimum atomic E-state index is -4.64. The summed E-state index contributed by atoms with van der Waals surface area (Å²) < 4.78 is 116. The lowest BCUT2D eigenvalue weighted by atomic mass is 10.2. The topological polar surface area (TPSA) is 231 Å². The Balaban J connectivity index is 1.24. The Kier molecular flexibility index (Phi) is 11.5. The summed E-state index contributed by atoms with van der Waals surface area (Å²) in [5, 5.41) is 28.5. The van der Waals surface area contributed by atoms with Gasteiger partial charge < -0.3 is 21.3 Å². The third-order valence-electron chi connectivity index (χ3n) is 7.76. The number of nitrogens with one attached hydrogen (secondary N) is 5. The number of sulfonamides is 2. The molecule has 0 radical (unpaired) electrons. The molecule has 0 saturated heterocycles. The first-order valence-corrected chi connectivity index (χ1v) is 19.8. The van der Waals surface area contributed by atoms with Crippen molar-refractivity contribution in [2.45, 2.75) is 0 Å². The molecule has 16 nitrogen and oxygen atoms in total. The predicted molar refractivity (Wildman–Crippen MR) is 207 cm³/mol. The smallest absolute Gasteiger partial charge is 0.252 e. The minimum Gasteiger partial charge on any atom is -0.336 e. The summed E-state index contributed by atoms with van der Waals surface area (Å²) in [6, 6.07) is 22.1. The van der Waals surface area contributed by atoms with Crippen LogP contribution in [0.5, 0.6) is 0 Å². The zero-order valence-corrected chi connectivity index (χ0v) is 31.2. The molecule has 2 heterocycles. The van der Waals surface area contributed by atoms with Crippen molar-refractivity contribution < 1.29 is 34.4 Å². The lowest BCUT2D eigenvalue weighted by molar-refractivity contribution is 0.589. The largest absolute Gasteiger partial charge is 0.336 e. The molecule has 0 aliphatic carbocycles. The van der Waals surface area contributed by atoms with E-state index in [-0.39, 0.29) is 57.1 Å². The van der Waals surface area contributed by atoms with Gasteiger partial charge in [-0.2, -0.15) is 20.5 Å². The molecule has 0 bridgehead atoms. The summed E-state index contributed by atoms with van der Waals surface area (Å²) in [4.78, 5) is 15.6. The van der Waals surface area contributed by atoms with Crippen molar-refractivity contribution in [2.24, 2.45) is 0 Å². The second-order valence-corrected chi connectivity index (χ2v) is 15.5. The first kappa shape index (κ1) is 40.1. The van der Waals surface area contributed by atoms with Crippen LogP contribution < -0.4 is 30.3 Å². The van der Waals surface area contributed by atoms with E-state index in [4.69, 9.17) is 10.5 Å². The van der Waals surface area contributed by atoms with E-state index in [0.29, 0.717) is 4.31 Å². The van der Waals surface area contributed by atoms with Gasteiger partial charge in [0.05, 0.1) is 70.0 Å². The fourth-order valence-electron chi connectivity index (χ4n) is 5.10. The van der Waals surface area contributed by atoms with Crippen molar-refractivity contribution in [1.82, 2.24) is 19.9 Å². The third kappa shape index (κ3) is 9.44. The van der Waals surface area contributed by atoms with E-state index in [9.17, 15) is 30.0 Å². The molecule has 5 N–H and O–H groups in total. The number of hydrogen-bond donors (Lipinski definition) is 5. The van der Waals surface area contributed by atoms with Gasteiger partial charge in [-0.1, -0.05) is 30.3 Å². The molecule has 294 valence electrons. The second-order valence-electron chi connectivity index (χ2n) is 11.9. The molecular weight excluding hydrogens is 805 g/mol. The Hall–Kier alpha value is -7.56. The van der Waals surface area contributed by atoms with Crippen LogP contribution in [0.15, 0.2) is 97.3 Å². The van der Waals surface area contributed by atoms with Gasteiger partial charge in [0.15, 0.2) is 35.0 Å². The molecule has 0 saturated carbocycles. The van der Waals surface area contributed by atoms with Crippen LogP contribution in [-0.4, -0.2) is 48.9 Å². The van der Waals surface area contributed by atoms with Crippen LogP contribution in [-0.2, 0) is 20.0 Å². The van der Waals surface area contributed by atoms with Crippen LogP contribution >= 0.6 is 0 Å². The van der Waals surface area contributed by atoms with Crippen molar-refractivity contribution in [2.75, 3.05) is 42.4 Å². The Labute approximate surface area is 328 Å². The molecule has 2 aromatic heterocycles. The fourth-order valence-corrected chi connectivity index (χ4v) is 7.83. The highest BCUT2D eigenvalue weighted by Crippen LogP contribution is 2.33. The quantitative estimate of drug-likeness (QED) is 0.0719. The highest BCUT2D eigenvalue weighted by Gasteiger charge is 2.28. The maximum atomic E-state index is 15.0. The summed E-state index contributed by atoms with van der Waals surface area (Å²) in [6.45, 7) is 0. The molecule has 4 aromatic carbocycles. The normalized spacial score (nSPS) is 11.2. The average molecular weight is 831 g/mol. The molecule has 0 spiro atoms. The number of nitrogens with zero attached hydrogens (tertiary/aromatic N) is 7. The molecule has 6 rings (SSSR count). The molecule has 22 heteroatoms. The van der Waals surface area contributed by atoms with Crippen molar-refractivity contribution in [3.05, 3.63) is 132 Å². The Morgan fingerprint density at radius 1 is 0.638 bits per heavy atom. The van der Waals surface area contributed by atoms with Gasteiger partial charge in [-0.3, -0.25) is 9.03 Å². The van der Waals surface area contributed by atoms with E-state index in [1.807, 2.05) is 0 Å². The van der Waals surface area contributed by atoms with Crippen molar-refractivity contribution in [3.63, 3.8) is 0 Å². The maximum Gasteiger partial charge on any atom is 0.252 e. The number of nitriles is 2. The number of halogens is 4. The highest BCUT2D eigenvalue weighted by molar-refractivity contribution is 7.96. The van der Waals surface area contributed by atoms with E-state index in [2.05, 4.69) is 45.9 Å². The van der Waals surface area contributed by atoms with Crippen LogP contribution in [0.25, 0.3) is 0 Å². The summed E-state index contributed by atoms with van der Waals surface area (Å²) in [5.74, 6) is -6.42. The van der Waals surface area contributed by atoms with E-state index in [1.54, 1.807) is 12.1 Å². The monoisotopic (exact) mass is 830 g/mol. The number of benzene rings is 4. The average Bonchev–Trinajstić information content (AvgIpc) is 3.18. The molecule has 0 unspecified atom stereocenters. The fraction of sp³-hybridized carbons (Fsp3) is 0.0556. The molecular formula is C36H26F4N12O4S2. The molecule has 0 amide bonds. The molecule has 0 atom stereocenters. The van der Waals surface area contributed by atoms with Crippen molar-refractivity contribution in [1.29, 1.82) is 10.5 Å². The first-order chi connectivity index (χ1) is 27.6. The summed E-state index contributed by atoms with van der Waals surface area (Å²) in [6.07, 6.45) is 2.28. The summed E-state index contributed by atoms with van der Waals surface area (Å²) >= 11 is 0. The SMILES string of the molecule is CS(=O)(=O)N(CS(=O)(=O)Nc1ccccc1Nc1nc(Nc2ccc(C#N)cc2F)ncc1F)c1ccccc1Nc1nc(Nc2cccc(C#N)c2F)ncc1F. The molecule has 6 aromatic rings. The standard InChI is InChI=1S/C36H26F4N12O4S2/c1-57(53,54)52(31-12-5-4-10-29(31)46-34-25(39)19-44-36(50-34)48-30-11-6-7-22(17-42)32(30)40)20-58(55,56)51-28-9-3-2-8-27(28)45-33-24(38)18-43-35(49-33)47-26-14-13-21(16-41)15-23(26)37/h2-15,18-19,51H,20H2,1H3,(H2,43,45,47,49)(H2,44,46,48,50). The van der Waals surface area contributed by atoms with Gasteiger partial charge in [-0.25, -0.2) is 44.4 Å². The number of anilines is 10. The van der Waals surface area contributed by atoms with Gasteiger partial charge in [0.2, 0.25) is 21.9 Å². The van der Waals surface area contributed by atoms with E-state index in [1.165, 1.54) is 78.9 Å². The van der Waals surface area contributed by atoms with Crippen LogP contribution in [0.2, 0.25) is 0 Å². The lowest BCUT2D eigenvalue weighted by Crippen LogP contribution is -2.37. The van der Waals surface area contributed by atoms with Crippen molar-refractivity contribution in [3.8, 4) is 12.1 Å². The van der Waals surface area contributed by atoms with Crippen LogP contribution in [0.4, 0.5) is 75.2 Å². The maximum absolute atomic E-state index is 15.0. The third-order valence-corrected chi connectivity index (χ3v) is 10.2. The summed E-state index contributed by atoms with van der Waals surface area (Å²) in [5.41, 5.74) is -1.06. The number of para-hydroxylation sites is 4. The van der Waals surface area contributed by atoms with Crippen LogP contribution in [0.1, 0.15) is 11.1 Å². The van der Waals surface area contributed by atoms with Gasteiger partial charge >= 0.3 is 0 Å². The Morgan fingerprint density at radius 2 is 1.21 bits per heavy atom. The Bertz CT molecular complexity index is 2860. The number of rotatable bonds is 14. The number of aromatic nitrogens is 4.